The molecule has 8 aromatic rings. The average Bonchev–Trinajstić information content (AvgIpc) is 3.46. The van der Waals surface area contributed by atoms with Gasteiger partial charge in [0, 0.05) is 27.5 Å². The highest BCUT2D eigenvalue weighted by Crippen LogP contribution is 2.33. The van der Waals surface area contributed by atoms with Gasteiger partial charge in [-0.15, -0.1) is 0 Å². The molecule has 0 spiro atoms. The summed E-state index contributed by atoms with van der Waals surface area (Å²) in [6, 6.07) is 56.4. The second-order valence-corrected chi connectivity index (χ2v) is 12.6. The van der Waals surface area contributed by atoms with Crippen molar-refractivity contribution in [3.05, 3.63) is 164 Å². The van der Waals surface area contributed by atoms with E-state index in [0.29, 0.717) is 14.5 Å². The van der Waals surface area contributed by atoms with Crippen LogP contribution in [0.3, 0.4) is 0 Å². The first kappa shape index (κ1) is 27.8. The summed E-state index contributed by atoms with van der Waals surface area (Å²) < 4.78 is 6.35. The summed E-state index contributed by atoms with van der Waals surface area (Å²) in [5.41, 5.74) is 13.7. The number of hydrogen-bond acceptors (Lipinski definition) is 2. The molecule has 5 heteroatoms. The Labute approximate surface area is 269 Å². The molecule has 0 radical (unpaired) electrons. The molecule has 1 aromatic heterocycles. The molecule has 0 saturated carbocycles. The van der Waals surface area contributed by atoms with E-state index in [1.54, 1.807) is 0 Å². The van der Waals surface area contributed by atoms with Gasteiger partial charge in [-0.2, -0.15) is 0 Å². The molecule has 1 atom stereocenters. The summed E-state index contributed by atoms with van der Waals surface area (Å²) in [5, 5.41) is 6.94. The van der Waals surface area contributed by atoms with Crippen molar-refractivity contribution in [1.82, 2.24) is 0 Å². The molecular formula is C41H30N3OP. The van der Waals surface area contributed by atoms with E-state index in [-0.39, 0.29) is 0 Å². The Kier molecular flexibility index (Phi) is 7.26. The first-order valence-corrected chi connectivity index (χ1v) is 16.3. The highest BCUT2D eigenvalue weighted by atomic mass is 31.1. The predicted molar refractivity (Wildman–Crippen MR) is 197 cm³/mol. The van der Waals surface area contributed by atoms with Gasteiger partial charge in [0.25, 0.3) is 0 Å². The van der Waals surface area contributed by atoms with Crippen molar-refractivity contribution in [2.45, 2.75) is 0 Å². The topological polar surface area (TPSA) is 54.8 Å². The van der Waals surface area contributed by atoms with Crippen LogP contribution in [0.5, 0.6) is 0 Å². The Morgan fingerprint density at radius 1 is 0.543 bits per heavy atom. The molecule has 46 heavy (non-hydrogen) atoms. The average molecular weight is 612 g/mol. The Morgan fingerprint density at radius 3 is 1.93 bits per heavy atom. The van der Waals surface area contributed by atoms with Crippen molar-refractivity contribution >= 4 is 74.9 Å². The van der Waals surface area contributed by atoms with E-state index in [4.69, 9.17) is 15.1 Å². The summed E-state index contributed by atoms with van der Waals surface area (Å²) in [4.78, 5) is 7.02. The first-order chi connectivity index (χ1) is 22.7. The molecule has 220 valence electrons. The van der Waals surface area contributed by atoms with E-state index in [0.717, 1.165) is 49.9 Å². The Morgan fingerprint density at radius 2 is 1.15 bits per heavy atom. The zero-order valence-corrected chi connectivity index (χ0v) is 26.0. The van der Waals surface area contributed by atoms with Crippen LogP contribution in [0.1, 0.15) is 0 Å². The van der Waals surface area contributed by atoms with Gasteiger partial charge in [0.2, 0.25) is 5.96 Å². The fourth-order valence-corrected chi connectivity index (χ4v) is 7.10. The van der Waals surface area contributed by atoms with Crippen LogP contribution in [0.25, 0.3) is 43.8 Å². The molecule has 8 rings (SSSR count). The fourth-order valence-electron chi connectivity index (χ4n) is 5.97. The van der Waals surface area contributed by atoms with Gasteiger partial charge >= 0.3 is 0 Å². The maximum atomic E-state index is 6.85. The van der Waals surface area contributed by atoms with Crippen molar-refractivity contribution in [2.75, 3.05) is 4.90 Å². The summed E-state index contributed by atoms with van der Waals surface area (Å²) in [5.74, 6) is 0.399. The molecule has 0 aliphatic rings. The Bertz CT molecular complexity index is 2350. The Balaban J connectivity index is 1.13. The van der Waals surface area contributed by atoms with Crippen LogP contribution in [0.2, 0.25) is 0 Å². The largest absolute Gasteiger partial charge is 0.456 e. The van der Waals surface area contributed by atoms with Gasteiger partial charge in [-0.3, -0.25) is 4.90 Å². The standard InChI is InChI=1S/C41H30N3OP/c42-41(44(32-15-5-2-6-16-32)33-21-19-29(20-22-33)28-11-3-1-4-12-28)43-37-17-9-10-18-40(37)46-34-23-24-35-36-25-30-13-7-8-14-31(30)26-38(36)45-39(35)27-34/h1-27,46H,(H2,42,43). The van der Waals surface area contributed by atoms with Gasteiger partial charge in [0.05, 0.1) is 5.69 Å². The maximum absolute atomic E-state index is 6.85. The van der Waals surface area contributed by atoms with Gasteiger partial charge in [0.15, 0.2) is 0 Å². The highest BCUT2D eigenvalue weighted by molar-refractivity contribution is 7.56. The maximum Gasteiger partial charge on any atom is 0.205 e. The van der Waals surface area contributed by atoms with E-state index in [1.165, 1.54) is 21.6 Å². The van der Waals surface area contributed by atoms with E-state index in [1.807, 2.05) is 53.4 Å². The zero-order valence-electron chi connectivity index (χ0n) is 25.0. The van der Waals surface area contributed by atoms with Crippen molar-refractivity contribution in [1.29, 1.82) is 0 Å². The van der Waals surface area contributed by atoms with E-state index in [9.17, 15) is 0 Å². The summed E-state index contributed by atoms with van der Waals surface area (Å²) >= 11 is 0. The van der Waals surface area contributed by atoms with Crippen molar-refractivity contribution in [3.8, 4) is 11.1 Å². The third-order valence-electron chi connectivity index (χ3n) is 8.23. The number of nitrogens with two attached hydrogens (primary N) is 1. The number of guanidine groups is 1. The van der Waals surface area contributed by atoms with Gasteiger partial charge < -0.3 is 10.2 Å². The van der Waals surface area contributed by atoms with Crippen molar-refractivity contribution in [3.63, 3.8) is 0 Å². The number of hydrogen-bond donors (Lipinski definition) is 1. The molecule has 4 nitrogen and oxygen atoms in total. The molecule has 0 aliphatic heterocycles. The summed E-state index contributed by atoms with van der Waals surface area (Å²) in [6.45, 7) is 0. The van der Waals surface area contributed by atoms with E-state index < -0.39 is 0 Å². The summed E-state index contributed by atoms with van der Waals surface area (Å²) in [7, 11) is 0.376. The molecule has 1 heterocycles. The second-order valence-electron chi connectivity index (χ2n) is 11.2. The van der Waals surface area contributed by atoms with Gasteiger partial charge in [0.1, 0.15) is 11.2 Å². The van der Waals surface area contributed by atoms with Crippen LogP contribution in [0.4, 0.5) is 17.1 Å². The van der Waals surface area contributed by atoms with Crippen molar-refractivity contribution in [2.24, 2.45) is 10.7 Å². The number of furan rings is 1. The predicted octanol–water partition coefficient (Wildman–Crippen LogP) is 9.82. The van der Waals surface area contributed by atoms with Crippen LogP contribution in [-0.2, 0) is 0 Å². The molecule has 0 saturated heterocycles. The third-order valence-corrected chi connectivity index (χ3v) is 9.53. The minimum atomic E-state index is 0.376. The van der Waals surface area contributed by atoms with E-state index in [2.05, 4.69) is 115 Å². The van der Waals surface area contributed by atoms with Crippen LogP contribution in [-0.4, -0.2) is 5.96 Å². The lowest BCUT2D eigenvalue weighted by Gasteiger charge is -2.24. The number of rotatable bonds is 6. The zero-order chi connectivity index (χ0) is 30.9. The Hall–Kier alpha value is -5.70. The molecule has 7 aromatic carbocycles. The van der Waals surface area contributed by atoms with Crippen LogP contribution < -0.4 is 21.2 Å². The van der Waals surface area contributed by atoms with Gasteiger partial charge in [-0.25, -0.2) is 4.99 Å². The lowest BCUT2D eigenvalue weighted by atomic mass is 10.1. The van der Waals surface area contributed by atoms with Gasteiger partial charge in [-0.05, 0) is 81.8 Å². The minimum absolute atomic E-state index is 0.376. The number of fused-ring (bicyclic) bond motifs is 4. The molecule has 1 unspecified atom stereocenters. The normalized spacial score (nSPS) is 12.0. The number of aliphatic imine (C=N–C) groups is 1. The lowest BCUT2D eigenvalue weighted by Crippen LogP contribution is -2.33. The first-order valence-electron chi connectivity index (χ1n) is 15.3. The number of anilines is 2. The fraction of sp³-hybridized carbons (Fsp3) is 0. The third kappa shape index (κ3) is 5.40. The summed E-state index contributed by atoms with van der Waals surface area (Å²) in [6.07, 6.45) is 0. The van der Waals surface area contributed by atoms with Crippen LogP contribution in [0, 0.1) is 0 Å². The number of para-hydroxylation sites is 2. The highest BCUT2D eigenvalue weighted by Gasteiger charge is 2.16. The van der Waals surface area contributed by atoms with Gasteiger partial charge in [-0.1, -0.05) is 118 Å². The van der Waals surface area contributed by atoms with Crippen molar-refractivity contribution < 1.29 is 4.42 Å². The van der Waals surface area contributed by atoms with Crippen LogP contribution >= 0.6 is 8.58 Å². The quantitative estimate of drug-likeness (QED) is 0.116. The van der Waals surface area contributed by atoms with Crippen LogP contribution in [0.15, 0.2) is 173 Å². The molecule has 0 fully saturated rings. The molecule has 0 amide bonds. The molecule has 2 N–H and O–H groups in total. The lowest BCUT2D eigenvalue weighted by molar-refractivity contribution is 0.670. The molecule has 0 aliphatic carbocycles. The molecular weight excluding hydrogens is 581 g/mol. The number of benzene rings is 7. The second kappa shape index (κ2) is 12.0. The SMILES string of the molecule is N/C(=N\c1ccccc1Pc1ccc2c(c1)oc1cc3ccccc3cc12)N(c1ccccc1)c1ccc(-c2ccccc2)cc1. The monoisotopic (exact) mass is 611 g/mol. The molecule has 0 bridgehead atoms. The smallest absolute Gasteiger partial charge is 0.205 e. The van der Waals surface area contributed by atoms with E-state index >= 15 is 0 Å². The number of nitrogens with zero attached hydrogens (tertiary/aromatic N) is 2. The minimum Gasteiger partial charge on any atom is -0.456 e.